The molecule has 14 heavy (non-hydrogen) atoms. The predicted molar refractivity (Wildman–Crippen MR) is 54.6 cm³/mol. The molecule has 0 aliphatic rings. The predicted octanol–water partition coefficient (Wildman–Crippen LogP) is 2.49. The first-order valence-electron chi connectivity index (χ1n) is 4.10. The number of aromatic nitrogens is 2. The molecule has 1 aromatic heterocycles. The van der Waals surface area contributed by atoms with E-state index in [0.29, 0.717) is 11.1 Å². The van der Waals surface area contributed by atoms with Crippen molar-refractivity contribution in [1.82, 2.24) is 9.97 Å². The van der Waals surface area contributed by atoms with Crippen LogP contribution in [-0.4, -0.2) is 15.8 Å². The Hall–Kier alpha value is -1.48. The van der Waals surface area contributed by atoms with Gasteiger partial charge in [-0.3, -0.25) is 4.79 Å². The van der Waals surface area contributed by atoms with Gasteiger partial charge in [-0.2, -0.15) is 0 Å². The summed E-state index contributed by atoms with van der Waals surface area (Å²) >= 11 is 5.64. The Kier molecular flexibility index (Phi) is 2.17. The second-order valence-corrected chi connectivity index (χ2v) is 3.31. The quantitative estimate of drug-likeness (QED) is 0.532. The number of carbonyl (C=O) groups is 1. The van der Waals surface area contributed by atoms with Crippen molar-refractivity contribution in [3.8, 4) is 0 Å². The molecule has 0 amide bonds. The minimum absolute atomic E-state index is 0.0154. The van der Waals surface area contributed by atoms with Crippen LogP contribution < -0.4 is 0 Å². The summed E-state index contributed by atoms with van der Waals surface area (Å²) in [7, 11) is 0. The number of fused-ring (bicyclic) bond motifs is 1. The molecule has 0 saturated carbocycles. The fourth-order valence-electron chi connectivity index (χ4n) is 1.22. The molecule has 0 unspecified atom stereocenters. The van der Waals surface area contributed by atoms with E-state index in [1.807, 2.05) is 6.07 Å². The van der Waals surface area contributed by atoms with Crippen molar-refractivity contribution in [1.29, 1.82) is 0 Å². The van der Waals surface area contributed by atoms with Gasteiger partial charge in [-0.05, 0) is 24.6 Å². The van der Waals surface area contributed by atoms with Crippen LogP contribution in [0.15, 0.2) is 24.4 Å². The third-order valence-electron chi connectivity index (χ3n) is 1.96. The van der Waals surface area contributed by atoms with Crippen molar-refractivity contribution in [3.05, 3.63) is 35.2 Å². The third kappa shape index (κ3) is 1.59. The van der Waals surface area contributed by atoms with E-state index in [-0.39, 0.29) is 11.1 Å². The maximum Gasteiger partial charge on any atom is 0.222 e. The van der Waals surface area contributed by atoms with Crippen molar-refractivity contribution in [2.45, 2.75) is 6.92 Å². The van der Waals surface area contributed by atoms with Gasteiger partial charge in [-0.25, -0.2) is 9.97 Å². The summed E-state index contributed by atoms with van der Waals surface area (Å²) < 4.78 is 0. The average Bonchev–Trinajstić information content (AvgIpc) is 2.16. The number of halogens is 1. The van der Waals surface area contributed by atoms with Crippen LogP contribution >= 0.6 is 11.6 Å². The second kappa shape index (κ2) is 3.35. The minimum Gasteiger partial charge on any atom is -0.295 e. The molecular weight excluding hydrogens is 200 g/mol. The normalized spacial score (nSPS) is 10.4. The highest BCUT2D eigenvalue weighted by atomic mass is 35.5. The summed E-state index contributed by atoms with van der Waals surface area (Å²) in [5.41, 5.74) is 1.32. The van der Waals surface area contributed by atoms with E-state index < -0.39 is 0 Å². The van der Waals surface area contributed by atoms with E-state index in [2.05, 4.69) is 9.97 Å². The van der Waals surface area contributed by atoms with Gasteiger partial charge in [0.25, 0.3) is 0 Å². The van der Waals surface area contributed by atoms with Crippen LogP contribution in [0.5, 0.6) is 0 Å². The zero-order valence-electron chi connectivity index (χ0n) is 7.49. The van der Waals surface area contributed by atoms with Gasteiger partial charge in [-0.15, -0.1) is 0 Å². The van der Waals surface area contributed by atoms with Crippen molar-refractivity contribution in [2.75, 3.05) is 0 Å². The molecule has 2 aromatic rings. The average molecular weight is 207 g/mol. The molecule has 2 rings (SSSR count). The first-order chi connectivity index (χ1) is 6.66. The van der Waals surface area contributed by atoms with Crippen LogP contribution in [0.3, 0.4) is 0 Å². The Labute approximate surface area is 85.7 Å². The molecule has 0 spiro atoms. The monoisotopic (exact) mass is 206 g/mol. The first-order valence-corrected chi connectivity index (χ1v) is 4.48. The largest absolute Gasteiger partial charge is 0.295 e. The Balaban J connectivity index is 2.69. The van der Waals surface area contributed by atoms with Gasteiger partial charge >= 0.3 is 0 Å². The van der Waals surface area contributed by atoms with Gasteiger partial charge in [-0.1, -0.05) is 12.1 Å². The number of hydrogen-bond donors (Lipinski definition) is 0. The molecule has 0 aliphatic carbocycles. The van der Waals surface area contributed by atoms with Crippen LogP contribution in [0.1, 0.15) is 17.3 Å². The molecule has 0 bridgehead atoms. The second-order valence-electron chi connectivity index (χ2n) is 2.97. The number of rotatable bonds is 1. The van der Waals surface area contributed by atoms with E-state index >= 15 is 0 Å². The standard InChI is InChI=1S/C10H7ClN2O/c1-6(14)7-2-3-8-5-12-10(11)13-9(8)4-7/h2-5H,1H3. The summed E-state index contributed by atoms with van der Waals surface area (Å²) in [5, 5.41) is 1.07. The highest BCUT2D eigenvalue weighted by Crippen LogP contribution is 2.15. The zero-order valence-corrected chi connectivity index (χ0v) is 8.25. The summed E-state index contributed by atoms with van der Waals surface area (Å²) in [6.07, 6.45) is 1.63. The molecule has 0 fully saturated rings. The molecular formula is C10H7ClN2O. The number of carbonyl (C=O) groups excluding carboxylic acids is 1. The lowest BCUT2D eigenvalue weighted by molar-refractivity contribution is 0.101. The molecule has 0 atom stereocenters. The van der Waals surface area contributed by atoms with Crippen LogP contribution in [0.2, 0.25) is 5.28 Å². The van der Waals surface area contributed by atoms with Gasteiger partial charge in [0.15, 0.2) is 5.78 Å². The molecule has 0 N–H and O–H groups in total. The topological polar surface area (TPSA) is 42.9 Å². The van der Waals surface area contributed by atoms with Crippen LogP contribution in [-0.2, 0) is 0 Å². The molecule has 1 heterocycles. The van der Waals surface area contributed by atoms with E-state index in [4.69, 9.17) is 11.6 Å². The smallest absolute Gasteiger partial charge is 0.222 e. The van der Waals surface area contributed by atoms with E-state index in [1.54, 1.807) is 18.3 Å². The van der Waals surface area contributed by atoms with Crippen molar-refractivity contribution < 1.29 is 4.79 Å². The lowest BCUT2D eigenvalue weighted by Crippen LogP contribution is -1.92. The van der Waals surface area contributed by atoms with Crippen molar-refractivity contribution in [2.24, 2.45) is 0 Å². The Morgan fingerprint density at radius 3 is 2.93 bits per heavy atom. The fraction of sp³-hybridized carbons (Fsp3) is 0.100. The Morgan fingerprint density at radius 2 is 2.21 bits per heavy atom. The van der Waals surface area contributed by atoms with Gasteiger partial charge in [0.1, 0.15) is 0 Å². The molecule has 0 aliphatic heterocycles. The van der Waals surface area contributed by atoms with Crippen LogP contribution in [0, 0.1) is 0 Å². The number of nitrogens with zero attached hydrogens (tertiary/aromatic N) is 2. The van der Waals surface area contributed by atoms with Crippen LogP contribution in [0.4, 0.5) is 0 Å². The maximum atomic E-state index is 11.1. The summed E-state index contributed by atoms with van der Waals surface area (Å²) in [6, 6.07) is 5.27. The molecule has 1 aromatic carbocycles. The van der Waals surface area contributed by atoms with Gasteiger partial charge in [0.05, 0.1) is 5.52 Å². The lowest BCUT2D eigenvalue weighted by atomic mass is 10.1. The highest BCUT2D eigenvalue weighted by molar-refractivity contribution is 6.28. The molecule has 0 saturated heterocycles. The number of Topliss-reactive ketones (excluding diaryl/α,β-unsaturated/α-hetero) is 1. The van der Waals surface area contributed by atoms with E-state index in [1.165, 1.54) is 6.92 Å². The molecule has 4 heteroatoms. The molecule has 0 radical (unpaired) electrons. The first kappa shape index (κ1) is 9.09. The number of ketones is 1. The minimum atomic E-state index is 0.0154. The van der Waals surface area contributed by atoms with Crippen molar-refractivity contribution in [3.63, 3.8) is 0 Å². The summed E-state index contributed by atoms with van der Waals surface area (Å²) in [4.78, 5) is 19.0. The third-order valence-corrected chi connectivity index (χ3v) is 2.14. The van der Waals surface area contributed by atoms with Gasteiger partial charge in [0, 0.05) is 17.1 Å². The molecule has 3 nitrogen and oxygen atoms in total. The van der Waals surface area contributed by atoms with E-state index in [0.717, 1.165) is 5.39 Å². The fourth-order valence-corrected chi connectivity index (χ4v) is 1.36. The Bertz CT molecular complexity index is 510. The maximum absolute atomic E-state index is 11.1. The van der Waals surface area contributed by atoms with Gasteiger partial charge in [0.2, 0.25) is 5.28 Å². The van der Waals surface area contributed by atoms with E-state index in [9.17, 15) is 4.79 Å². The zero-order chi connectivity index (χ0) is 10.1. The number of hydrogen-bond acceptors (Lipinski definition) is 3. The lowest BCUT2D eigenvalue weighted by Gasteiger charge is -1.99. The van der Waals surface area contributed by atoms with Crippen molar-refractivity contribution >= 4 is 28.3 Å². The Morgan fingerprint density at radius 1 is 1.43 bits per heavy atom. The number of benzene rings is 1. The summed E-state index contributed by atoms with van der Waals surface area (Å²) in [6.45, 7) is 1.52. The highest BCUT2D eigenvalue weighted by Gasteiger charge is 2.02. The van der Waals surface area contributed by atoms with Crippen LogP contribution in [0.25, 0.3) is 10.9 Å². The molecule has 70 valence electrons. The summed E-state index contributed by atoms with van der Waals surface area (Å²) in [5.74, 6) is 0.0154. The van der Waals surface area contributed by atoms with Gasteiger partial charge < -0.3 is 0 Å². The SMILES string of the molecule is CC(=O)c1ccc2cnc(Cl)nc2c1.